The smallest absolute Gasteiger partial charge is 0.319 e. The Kier molecular flexibility index (Phi) is 4.65. The van der Waals surface area contributed by atoms with Gasteiger partial charge in [-0.25, -0.2) is 18.4 Å². The summed E-state index contributed by atoms with van der Waals surface area (Å²) in [4.78, 5) is 11.4. The average molecular weight is 268 g/mol. The van der Waals surface area contributed by atoms with Crippen molar-refractivity contribution in [2.75, 3.05) is 17.6 Å². The Bertz CT molecular complexity index is 577. The summed E-state index contributed by atoms with van der Waals surface area (Å²) in [7, 11) is -3.59. The van der Waals surface area contributed by atoms with Gasteiger partial charge in [0.25, 0.3) is 0 Å². The normalized spacial score (nSPS) is 10.4. The lowest BCUT2D eigenvalue weighted by atomic mass is 10.2. The van der Waals surface area contributed by atoms with Crippen molar-refractivity contribution in [3.8, 4) is 6.07 Å². The second-order valence-electron chi connectivity index (χ2n) is 3.44. The van der Waals surface area contributed by atoms with Crippen LogP contribution in [0.1, 0.15) is 5.56 Å². The number of primary sulfonamides is 1. The van der Waals surface area contributed by atoms with Crippen molar-refractivity contribution in [2.24, 2.45) is 5.14 Å². The number of hydrogen-bond acceptors (Lipinski definition) is 4. The molecule has 0 aromatic heterocycles. The Labute approximate surface area is 105 Å². The van der Waals surface area contributed by atoms with Crippen LogP contribution in [0.3, 0.4) is 0 Å². The fraction of sp³-hybridized carbons (Fsp3) is 0.200. The first kappa shape index (κ1) is 14.0. The number of anilines is 1. The molecule has 1 aromatic rings. The van der Waals surface area contributed by atoms with Gasteiger partial charge in [0.2, 0.25) is 10.0 Å². The standard InChI is InChI=1S/C10H12N4O3S/c11-7-8-2-1-3-9(6-8)14-10(15)13-4-5-18(12,16)17/h1-3,6H,4-5H2,(H2,12,16,17)(H2,13,14,15). The van der Waals surface area contributed by atoms with Crippen LogP contribution in [-0.4, -0.2) is 26.7 Å². The van der Waals surface area contributed by atoms with Gasteiger partial charge in [-0.05, 0) is 18.2 Å². The number of sulfonamides is 1. The molecule has 18 heavy (non-hydrogen) atoms. The Morgan fingerprint density at radius 2 is 2.17 bits per heavy atom. The second kappa shape index (κ2) is 6.00. The Morgan fingerprint density at radius 3 is 2.78 bits per heavy atom. The lowest BCUT2D eigenvalue weighted by Gasteiger charge is -2.06. The highest BCUT2D eigenvalue weighted by Gasteiger charge is 2.05. The summed E-state index contributed by atoms with van der Waals surface area (Å²) in [6.07, 6.45) is 0. The fourth-order valence-electron chi connectivity index (χ4n) is 1.15. The molecule has 96 valence electrons. The molecule has 0 radical (unpaired) electrons. The van der Waals surface area contributed by atoms with E-state index < -0.39 is 16.1 Å². The van der Waals surface area contributed by atoms with E-state index in [4.69, 9.17) is 10.4 Å². The molecule has 0 saturated carbocycles. The van der Waals surface area contributed by atoms with Crippen molar-refractivity contribution in [3.05, 3.63) is 29.8 Å². The van der Waals surface area contributed by atoms with Gasteiger partial charge >= 0.3 is 6.03 Å². The summed E-state index contributed by atoms with van der Waals surface area (Å²) in [6.45, 7) is -0.0807. The molecule has 1 rings (SSSR count). The molecule has 0 bridgehead atoms. The Morgan fingerprint density at radius 1 is 1.44 bits per heavy atom. The summed E-state index contributed by atoms with van der Waals surface area (Å²) in [5.41, 5.74) is 0.861. The maximum atomic E-state index is 11.4. The summed E-state index contributed by atoms with van der Waals surface area (Å²) < 4.78 is 21.2. The molecule has 0 aliphatic carbocycles. The molecule has 0 unspecified atom stereocenters. The minimum absolute atomic E-state index is 0.0807. The zero-order valence-corrected chi connectivity index (χ0v) is 10.2. The monoisotopic (exact) mass is 268 g/mol. The van der Waals surface area contributed by atoms with Crippen LogP contribution >= 0.6 is 0 Å². The third-order valence-corrected chi connectivity index (χ3v) is 2.69. The number of nitriles is 1. The van der Waals surface area contributed by atoms with Gasteiger partial charge in [-0.1, -0.05) is 6.07 Å². The van der Waals surface area contributed by atoms with Gasteiger partial charge < -0.3 is 10.6 Å². The number of rotatable bonds is 4. The zero-order valence-electron chi connectivity index (χ0n) is 9.38. The average Bonchev–Trinajstić information content (AvgIpc) is 2.27. The Hall–Kier alpha value is -2.11. The SMILES string of the molecule is N#Cc1cccc(NC(=O)NCCS(N)(=O)=O)c1. The van der Waals surface area contributed by atoms with E-state index in [1.807, 2.05) is 6.07 Å². The molecule has 0 aliphatic heterocycles. The minimum Gasteiger partial charge on any atom is -0.337 e. The Balaban J connectivity index is 2.47. The van der Waals surface area contributed by atoms with Crippen molar-refractivity contribution in [1.29, 1.82) is 5.26 Å². The third kappa shape index (κ3) is 5.29. The second-order valence-corrected chi connectivity index (χ2v) is 5.17. The van der Waals surface area contributed by atoms with Crippen LogP contribution in [-0.2, 0) is 10.0 Å². The number of urea groups is 1. The first-order chi connectivity index (χ1) is 8.40. The molecule has 0 spiro atoms. The molecule has 1 aromatic carbocycles. The summed E-state index contributed by atoms with van der Waals surface area (Å²) in [5, 5.41) is 18.2. The first-order valence-corrected chi connectivity index (χ1v) is 6.68. The van der Waals surface area contributed by atoms with Crippen LogP contribution in [0.15, 0.2) is 24.3 Å². The van der Waals surface area contributed by atoms with Gasteiger partial charge in [-0.3, -0.25) is 0 Å². The number of nitrogens with two attached hydrogens (primary N) is 1. The van der Waals surface area contributed by atoms with Crippen LogP contribution in [0, 0.1) is 11.3 Å². The van der Waals surface area contributed by atoms with E-state index in [1.54, 1.807) is 18.2 Å². The van der Waals surface area contributed by atoms with Crippen LogP contribution in [0.4, 0.5) is 10.5 Å². The molecular formula is C10H12N4O3S. The van der Waals surface area contributed by atoms with Gasteiger partial charge in [-0.2, -0.15) is 5.26 Å². The van der Waals surface area contributed by atoms with E-state index in [9.17, 15) is 13.2 Å². The van der Waals surface area contributed by atoms with Crippen LogP contribution in [0.5, 0.6) is 0 Å². The molecule has 7 nitrogen and oxygen atoms in total. The molecule has 8 heteroatoms. The lowest BCUT2D eigenvalue weighted by Crippen LogP contribution is -2.34. The molecule has 4 N–H and O–H groups in total. The highest BCUT2D eigenvalue weighted by atomic mass is 32.2. The first-order valence-electron chi connectivity index (χ1n) is 4.96. The number of carbonyl (C=O) groups is 1. The number of hydrogen-bond donors (Lipinski definition) is 3. The van der Waals surface area contributed by atoms with E-state index in [0.29, 0.717) is 11.3 Å². The van der Waals surface area contributed by atoms with Gasteiger partial charge in [0.15, 0.2) is 0 Å². The van der Waals surface area contributed by atoms with Gasteiger partial charge in [0.05, 0.1) is 17.4 Å². The van der Waals surface area contributed by atoms with Gasteiger partial charge in [0, 0.05) is 12.2 Å². The fourth-order valence-corrected chi connectivity index (χ4v) is 1.54. The number of amides is 2. The van der Waals surface area contributed by atoms with Crippen molar-refractivity contribution in [2.45, 2.75) is 0 Å². The molecular weight excluding hydrogens is 256 g/mol. The quantitative estimate of drug-likeness (QED) is 0.708. The highest BCUT2D eigenvalue weighted by Crippen LogP contribution is 2.09. The number of nitrogens with one attached hydrogen (secondary N) is 2. The van der Waals surface area contributed by atoms with Crippen LogP contribution in [0.25, 0.3) is 0 Å². The largest absolute Gasteiger partial charge is 0.337 e. The van der Waals surface area contributed by atoms with Gasteiger partial charge in [0.1, 0.15) is 0 Å². The molecule has 0 heterocycles. The summed E-state index contributed by atoms with van der Waals surface area (Å²) >= 11 is 0. The van der Waals surface area contributed by atoms with E-state index in [2.05, 4.69) is 10.6 Å². The van der Waals surface area contributed by atoms with E-state index in [-0.39, 0.29) is 12.3 Å². The maximum Gasteiger partial charge on any atom is 0.319 e. The molecule has 0 atom stereocenters. The number of nitrogens with zero attached hydrogens (tertiary/aromatic N) is 1. The predicted octanol–water partition coefficient (Wildman–Crippen LogP) is -0.0317. The van der Waals surface area contributed by atoms with Crippen molar-refractivity contribution < 1.29 is 13.2 Å². The third-order valence-electron chi connectivity index (χ3n) is 1.92. The van der Waals surface area contributed by atoms with Crippen molar-refractivity contribution >= 4 is 21.7 Å². The van der Waals surface area contributed by atoms with Gasteiger partial charge in [-0.15, -0.1) is 0 Å². The molecule has 0 fully saturated rings. The van der Waals surface area contributed by atoms with E-state index in [0.717, 1.165) is 0 Å². The summed E-state index contributed by atoms with van der Waals surface area (Å²) in [5.74, 6) is -0.335. The highest BCUT2D eigenvalue weighted by molar-refractivity contribution is 7.89. The topological polar surface area (TPSA) is 125 Å². The molecule has 0 aliphatic rings. The number of carbonyl (C=O) groups excluding carboxylic acids is 1. The van der Waals surface area contributed by atoms with Crippen molar-refractivity contribution in [1.82, 2.24) is 5.32 Å². The van der Waals surface area contributed by atoms with Crippen molar-refractivity contribution in [3.63, 3.8) is 0 Å². The predicted molar refractivity (Wildman–Crippen MR) is 66.2 cm³/mol. The van der Waals surface area contributed by atoms with Crippen LogP contribution < -0.4 is 15.8 Å². The number of benzene rings is 1. The lowest BCUT2D eigenvalue weighted by molar-refractivity contribution is 0.252. The van der Waals surface area contributed by atoms with E-state index in [1.165, 1.54) is 6.07 Å². The maximum absolute atomic E-state index is 11.4. The van der Waals surface area contributed by atoms with Crippen LogP contribution in [0.2, 0.25) is 0 Å². The molecule has 0 saturated heterocycles. The zero-order chi connectivity index (χ0) is 13.6. The molecule has 2 amide bonds. The summed E-state index contributed by atoms with van der Waals surface area (Å²) in [6, 6.07) is 7.71. The minimum atomic E-state index is -3.59. The van der Waals surface area contributed by atoms with E-state index >= 15 is 0 Å².